The van der Waals surface area contributed by atoms with Crippen LogP contribution in [0.5, 0.6) is 0 Å². The fourth-order valence-electron chi connectivity index (χ4n) is 2.34. The smallest absolute Gasteiger partial charge is 0.255 e. The van der Waals surface area contributed by atoms with Crippen molar-refractivity contribution in [3.8, 4) is 0 Å². The summed E-state index contributed by atoms with van der Waals surface area (Å²) in [5, 5.41) is 3.89. The molecular weight excluding hydrogens is 294 g/mol. The summed E-state index contributed by atoms with van der Waals surface area (Å²) in [5.41, 5.74) is 4.90. The molecule has 0 bridgehead atoms. The van der Waals surface area contributed by atoms with Crippen LogP contribution >= 0.6 is 11.3 Å². The number of hydrogen-bond acceptors (Lipinski definition) is 4. The van der Waals surface area contributed by atoms with E-state index >= 15 is 0 Å². The molecule has 0 unspecified atom stereocenters. The lowest BCUT2D eigenvalue weighted by Gasteiger charge is -2.06. The Morgan fingerprint density at radius 1 is 1.00 bits per heavy atom. The minimum Gasteiger partial charge on any atom is -0.321 e. The summed E-state index contributed by atoms with van der Waals surface area (Å²) >= 11 is 1.52. The lowest BCUT2D eigenvalue weighted by atomic mass is 10.2. The number of rotatable bonds is 2. The van der Waals surface area contributed by atoms with Crippen molar-refractivity contribution >= 4 is 44.1 Å². The molecular formula is C17H11N3OS. The molecule has 5 heteroatoms. The molecule has 0 aliphatic rings. The van der Waals surface area contributed by atoms with E-state index < -0.39 is 0 Å². The fourth-order valence-corrected chi connectivity index (χ4v) is 3.06. The second-order valence-corrected chi connectivity index (χ2v) is 5.79. The van der Waals surface area contributed by atoms with Gasteiger partial charge < -0.3 is 5.32 Å². The number of nitrogens with zero attached hydrogens (tertiary/aromatic N) is 2. The van der Waals surface area contributed by atoms with E-state index in [1.807, 2.05) is 42.5 Å². The maximum atomic E-state index is 12.4. The lowest BCUT2D eigenvalue weighted by molar-refractivity contribution is 0.102. The zero-order chi connectivity index (χ0) is 14.9. The number of nitrogens with one attached hydrogen (secondary N) is 1. The molecule has 0 aliphatic carbocycles. The van der Waals surface area contributed by atoms with Crippen LogP contribution in [0, 0.1) is 0 Å². The Hall–Kier alpha value is -2.79. The average Bonchev–Trinajstić information content (AvgIpc) is 3.02. The summed E-state index contributed by atoms with van der Waals surface area (Å²) in [4.78, 5) is 20.9. The average molecular weight is 305 g/mol. The van der Waals surface area contributed by atoms with Gasteiger partial charge in [-0.25, -0.2) is 4.98 Å². The van der Waals surface area contributed by atoms with Crippen LogP contribution in [-0.4, -0.2) is 15.9 Å². The van der Waals surface area contributed by atoms with Gasteiger partial charge in [0.15, 0.2) is 0 Å². The van der Waals surface area contributed by atoms with Crippen LogP contribution in [0.4, 0.5) is 5.69 Å². The van der Waals surface area contributed by atoms with Crippen LogP contribution in [0.25, 0.3) is 21.1 Å². The highest BCUT2D eigenvalue weighted by atomic mass is 32.1. The highest BCUT2D eigenvalue weighted by molar-refractivity contribution is 7.16. The van der Waals surface area contributed by atoms with Crippen molar-refractivity contribution < 1.29 is 4.79 Å². The van der Waals surface area contributed by atoms with Crippen LogP contribution in [0.15, 0.2) is 60.2 Å². The van der Waals surface area contributed by atoms with Gasteiger partial charge >= 0.3 is 0 Å². The third-order valence-electron chi connectivity index (χ3n) is 3.44. The third kappa shape index (κ3) is 2.31. The quantitative estimate of drug-likeness (QED) is 0.606. The predicted molar refractivity (Wildman–Crippen MR) is 89.3 cm³/mol. The van der Waals surface area contributed by atoms with E-state index in [2.05, 4.69) is 15.3 Å². The van der Waals surface area contributed by atoms with E-state index in [4.69, 9.17) is 0 Å². The molecule has 2 aromatic heterocycles. The molecule has 2 aromatic carbocycles. The number of fused-ring (bicyclic) bond motifs is 2. The first kappa shape index (κ1) is 12.9. The monoisotopic (exact) mass is 305 g/mol. The molecule has 0 spiro atoms. The molecule has 1 N–H and O–H groups in total. The first-order valence-electron chi connectivity index (χ1n) is 6.79. The van der Waals surface area contributed by atoms with Crippen molar-refractivity contribution in [2.24, 2.45) is 0 Å². The number of thiazole rings is 1. The van der Waals surface area contributed by atoms with Crippen LogP contribution < -0.4 is 5.32 Å². The van der Waals surface area contributed by atoms with Gasteiger partial charge in [-0.05, 0) is 30.3 Å². The first-order valence-corrected chi connectivity index (χ1v) is 7.67. The second kappa shape index (κ2) is 5.20. The summed E-state index contributed by atoms with van der Waals surface area (Å²) in [5.74, 6) is -0.146. The Bertz CT molecular complexity index is 993. The number of anilines is 1. The van der Waals surface area contributed by atoms with Gasteiger partial charge in [0, 0.05) is 10.9 Å². The number of para-hydroxylation sites is 1. The van der Waals surface area contributed by atoms with Gasteiger partial charge in [0.2, 0.25) is 0 Å². The summed E-state index contributed by atoms with van der Waals surface area (Å²) < 4.78 is 1.00. The zero-order valence-corrected chi connectivity index (χ0v) is 12.3. The van der Waals surface area contributed by atoms with Crippen molar-refractivity contribution in [1.82, 2.24) is 9.97 Å². The number of benzene rings is 2. The van der Waals surface area contributed by atoms with Crippen LogP contribution in [-0.2, 0) is 0 Å². The van der Waals surface area contributed by atoms with E-state index in [1.165, 1.54) is 11.3 Å². The standard InChI is InChI=1S/C17H11N3OS/c21-17(12-5-6-15-16(8-12)22-10-19-15)20-13-7-11-3-1-2-4-14(11)18-9-13/h1-10H,(H,20,21). The van der Waals surface area contributed by atoms with Gasteiger partial charge in [0.1, 0.15) is 0 Å². The molecule has 0 saturated heterocycles. The first-order chi connectivity index (χ1) is 10.8. The van der Waals surface area contributed by atoms with Gasteiger partial charge in [-0.1, -0.05) is 18.2 Å². The summed E-state index contributed by atoms with van der Waals surface area (Å²) in [6.07, 6.45) is 1.67. The van der Waals surface area contributed by atoms with E-state index in [0.29, 0.717) is 11.3 Å². The minimum absolute atomic E-state index is 0.146. The molecule has 4 nitrogen and oxygen atoms in total. The molecule has 106 valence electrons. The van der Waals surface area contributed by atoms with E-state index in [0.717, 1.165) is 21.1 Å². The Kier molecular flexibility index (Phi) is 3.05. The molecule has 0 aliphatic heterocycles. The zero-order valence-electron chi connectivity index (χ0n) is 11.5. The summed E-state index contributed by atoms with van der Waals surface area (Å²) in [6.45, 7) is 0. The van der Waals surface area contributed by atoms with Crippen molar-refractivity contribution in [1.29, 1.82) is 0 Å². The second-order valence-electron chi connectivity index (χ2n) is 4.91. The molecule has 0 radical (unpaired) electrons. The molecule has 0 atom stereocenters. The maximum Gasteiger partial charge on any atom is 0.255 e. The van der Waals surface area contributed by atoms with Gasteiger partial charge in [0.25, 0.3) is 5.91 Å². The maximum absolute atomic E-state index is 12.4. The van der Waals surface area contributed by atoms with Gasteiger partial charge in [0.05, 0.1) is 33.1 Å². The molecule has 0 fully saturated rings. The van der Waals surface area contributed by atoms with E-state index in [-0.39, 0.29) is 5.91 Å². The van der Waals surface area contributed by atoms with Gasteiger partial charge in [-0.3, -0.25) is 9.78 Å². The van der Waals surface area contributed by atoms with E-state index in [1.54, 1.807) is 17.8 Å². The van der Waals surface area contributed by atoms with Crippen molar-refractivity contribution in [3.05, 3.63) is 65.8 Å². The number of pyridine rings is 1. The molecule has 2 heterocycles. The summed E-state index contributed by atoms with van der Waals surface area (Å²) in [7, 11) is 0. The Morgan fingerprint density at radius 2 is 1.91 bits per heavy atom. The topological polar surface area (TPSA) is 54.9 Å². The fraction of sp³-hybridized carbons (Fsp3) is 0. The van der Waals surface area contributed by atoms with Crippen molar-refractivity contribution in [2.45, 2.75) is 0 Å². The van der Waals surface area contributed by atoms with Crippen molar-refractivity contribution in [3.63, 3.8) is 0 Å². The van der Waals surface area contributed by atoms with Gasteiger partial charge in [-0.2, -0.15) is 0 Å². The lowest BCUT2D eigenvalue weighted by Crippen LogP contribution is -2.11. The number of aromatic nitrogens is 2. The van der Waals surface area contributed by atoms with Crippen LogP contribution in [0.2, 0.25) is 0 Å². The van der Waals surface area contributed by atoms with Gasteiger partial charge in [-0.15, -0.1) is 11.3 Å². The molecule has 22 heavy (non-hydrogen) atoms. The Labute approximate surface area is 130 Å². The minimum atomic E-state index is -0.146. The van der Waals surface area contributed by atoms with Crippen LogP contribution in [0.1, 0.15) is 10.4 Å². The van der Waals surface area contributed by atoms with Crippen molar-refractivity contribution in [2.75, 3.05) is 5.32 Å². The number of amides is 1. The normalized spacial score (nSPS) is 10.9. The van der Waals surface area contributed by atoms with E-state index in [9.17, 15) is 4.79 Å². The molecule has 4 aromatic rings. The highest BCUT2D eigenvalue weighted by Gasteiger charge is 2.08. The number of hydrogen-bond donors (Lipinski definition) is 1. The SMILES string of the molecule is O=C(Nc1cnc2ccccc2c1)c1ccc2ncsc2c1. The Morgan fingerprint density at radius 3 is 2.86 bits per heavy atom. The molecule has 1 amide bonds. The molecule has 4 rings (SSSR count). The van der Waals surface area contributed by atoms with Crippen LogP contribution in [0.3, 0.4) is 0 Å². The highest BCUT2D eigenvalue weighted by Crippen LogP contribution is 2.21. The number of carbonyl (C=O) groups excluding carboxylic acids is 1. The largest absolute Gasteiger partial charge is 0.321 e. The summed E-state index contributed by atoms with van der Waals surface area (Å²) in [6, 6.07) is 15.2. The number of carbonyl (C=O) groups is 1. The Balaban J connectivity index is 1.64. The predicted octanol–water partition coefficient (Wildman–Crippen LogP) is 4.10. The third-order valence-corrected chi connectivity index (χ3v) is 4.23. The molecule has 0 saturated carbocycles.